The number of rotatable bonds is 22. The van der Waals surface area contributed by atoms with E-state index in [9.17, 15) is 39.9 Å². The molecule has 1 aromatic carbocycles. The summed E-state index contributed by atoms with van der Waals surface area (Å²) in [5, 5.41) is 63.2. The number of methoxy groups -OCH3 is 5. The number of allylic oxidation sites excluding steroid dienone is 3. The van der Waals surface area contributed by atoms with E-state index in [0.717, 1.165) is 34.9 Å². The van der Waals surface area contributed by atoms with Gasteiger partial charge in [-0.15, -0.1) is 0 Å². The summed E-state index contributed by atoms with van der Waals surface area (Å²) >= 11 is 2.82. The van der Waals surface area contributed by atoms with E-state index in [4.69, 9.17) is 61.7 Å². The fourth-order valence-electron chi connectivity index (χ4n) is 11.3. The van der Waals surface area contributed by atoms with E-state index in [-0.39, 0.29) is 77.0 Å². The molecule has 29 heteroatoms. The molecule has 1 amide bonds. The van der Waals surface area contributed by atoms with Gasteiger partial charge in [-0.2, -0.15) is 5.48 Å². The highest BCUT2D eigenvalue weighted by molar-refractivity contribution is 14.1. The minimum absolute atomic E-state index is 0.0234. The van der Waals surface area contributed by atoms with Crippen molar-refractivity contribution in [1.82, 2.24) is 21.1 Å². The predicted octanol–water partition coefficient (Wildman–Crippen LogP) is 3.99. The molecule has 2 aromatic rings. The highest BCUT2D eigenvalue weighted by atomic mass is 127. The van der Waals surface area contributed by atoms with Crippen molar-refractivity contribution in [3.05, 3.63) is 73.3 Å². The number of ketones is 1. The summed E-state index contributed by atoms with van der Waals surface area (Å²) in [5.41, 5.74) is 3.13. The van der Waals surface area contributed by atoms with Crippen molar-refractivity contribution >= 4 is 72.9 Å². The lowest BCUT2D eigenvalue weighted by Crippen LogP contribution is -2.65. The number of nitrogens with one attached hydrogen (secondary N) is 3. The third kappa shape index (κ3) is 16.1. The number of aliphatic hydroxyl groups is 5. The number of carbonyl (C=O) groups excluding carboxylic acids is 3. The number of ether oxygens (including phenoxy) is 12. The number of aryl methyl sites for hydroxylation is 2. The van der Waals surface area contributed by atoms with Crippen LogP contribution in [0.1, 0.15) is 74.0 Å². The number of amides is 1. The number of aliphatic hydroxyl groups excluding tert-OH is 4. The molecule has 0 unspecified atom stereocenters. The number of likely N-dealkylation sites (N-methyl/N-ethyl adjacent to an activating group) is 1. The highest BCUT2D eigenvalue weighted by Crippen LogP contribution is 2.49. The second-order valence-electron chi connectivity index (χ2n) is 22.0. The average molecular weight is 1430 g/mol. The first kappa shape index (κ1) is 71.7. The minimum Gasteiger partial charge on any atom is -0.492 e. The minimum atomic E-state index is -2.11. The molecule has 5 heterocycles. The zero-order chi connectivity index (χ0) is 65.3. The Labute approximate surface area is 548 Å². The number of hydrogen-bond donors (Lipinski definition) is 8. The number of halogens is 1. The van der Waals surface area contributed by atoms with E-state index >= 15 is 0 Å². The van der Waals surface area contributed by atoms with Gasteiger partial charge in [-0.25, -0.2) is 4.79 Å². The van der Waals surface area contributed by atoms with Gasteiger partial charge in [0, 0.05) is 61.2 Å². The number of benzene rings is 1. The van der Waals surface area contributed by atoms with Gasteiger partial charge in [0.25, 0.3) is 0 Å². The van der Waals surface area contributed by atoms with Crippen molar-refractivity contribution in [2.24, 2.45) is 0 Å². The van der Waals surface area contributed by atoms with Crippen molar-refractivity contribution in [2.75, 3.05) is 54.5 Å². The van der Waals surface area contributed by atoms with Crippen LogP contribution in [0.2, 0.25) is 0 Å². The Kier molecular flexibility index (Phi) is 25.8. The number of hydrogen-bond acceptors (Lipinski definition) is 27. The Balaban J connectivity index is 1.03. The topological polar surface area (TPSA) is 321 Å². The van der Waals surface area contributed by atoms with Crippen LogP contribution < -0.4 is 30.3 Å². The molecule has 2 aliphatic carbocycles. The van der Waals surface area contributed by atoms with E-state index in [0.29, 0.717) is 15.7 Å². The van der Waals surface area contributed by atoms with Crippen molar-refractivity contribution in [1.29, 1.82) is 0 Å². The fraction of sp³-hybridized carbons (Fsp3) is 0.607. The summed E-state index contributed by atoms with van der Waals surface area (Å²) in [7, 11) is 9.74. The van der Waals surface area contributed by atoms with Gasteiger partial charge in [0.2, 0.25) is 17.2 Å². The van der Waals surface area contributed by atoms with Crippen LogP contribution in [0.4, 0.5) is 4.79 Å². The number of thioether (sulfide) groups is 1. The summed E-state index contributed by atoms with van der Waals surface area (Å²) < 4.78 is 72.9. The Morgan fingerprint density at radius 2 is 1.57 bits per heavy atom. The number of alkyl carbamates (subject to hydrolysis) is 1. The van der Waals surface area contributed by atoms with Crippen LogP contribution in [0, 0.1) is 48.0 Å². The Morgan fingerprint density at radius 1 is 0.856 bits per heavy atom. The number of hydroxylamine groups is 1. The van der Waals surface area contributed by atoms with Crippen molar-refractivity contribution < 1.29 is 102 Å². The molecular weight excluding hydrogens is 1350 g/mol. The van der Waals surface area contributed by atoms with Gasteiger partial charge in [-0.05, 0) is 99.5 Å². The first-order valence-corrected chi connectivity index (χ1v) is 33.4. The maximum atomic E-state index is 14.5. The smallest absolute Gasteiger partial charge is 0.411 e. The third-order valence-electron chi connectivity index (χ3n) is 16.0. The van der Waals surface area contributed by atoms with Crippen LogP contribution in [-0.4, -0.2) is 217 Å². The van der Waals surface area contributed by atoms with E-state index in [1.54, 1.807) is 53.3 Å². The molecular formula is C61H79IN4O21S3. The number of Topliss-reactive ketones (excluding diaryl/α,β-unsaturated/α-hetero) is 1. The van der Waals surface area contributed by atoms with Crippen LogP contribution in [0.3, 0.4) is 0 Å². The molecule has 0 spiro atoms. The number of aromatic nitrogens is 1. The summed E-state index contributed by atoms with van der Waals surface area (Å²) in [6, 6.07) is -1.30. The molecule has 494 valence electrons. The molecule has 0 saturated carbocycles. The van der Waals surface area contributed by atoms with Crippen LogP contribution >= 0.6 is 55.9 Å². The highest BCUT2D eigenvalue weighted by Gasteiger charge is 2.52. The van der Waals surface area contributed by atoms with Crippen LogP contribution in [0.5, 0.6) is 17.2 Å². The average Bonchev–Trinajstić information content (AvgIpc) is 0.960. The lowest BCUT2D eigenvalue weighted by atomic mass is 9.75. The number of fused-ring (bicyclic) bond motifs is 2. The first-order valence-electron chi connectivity index (χ1n) is 29.1. The predicted molar refractivity (Wildman–Crippen MR) is 338 cm³/mol. The third-order valence-corrected chi connectivity index (χ3v) is 21.2. The van der Waals surface area contributed by atoms with Crippen LogP contribution in [0.15, 0.2) is 52.4 Å². The largest absolute Gasteiger partial charge is 0.492 e. The van der Waals surface area contributed by atoms with Gasteiger partial charge in [0.15, 0.2) is 41.8 Å². The van der Waals surface area contributed by atoms with Gasteiger partial charge in [0.05, 0.1) is 97.0 Å². The molecule has 25 nitrogen and oxygen atoms in total. The van der Waals surface area contributed by atoms with Crippen LogP contribution in [0.25, 0.3) is 0 Å². The van der Waals surface area contributed by atoms with Crippen molar-refractivity contribution in [3.8, 4) is 40.9 Å². The molecule has 90 heavy (non-hydrogen) atoms. The van der Waals surface area contributed by atoms with Gasteiger partial charge < -0.3 is 87.7 Å². The van der Waals surface area contributed by atoms with E-state index in [1.807, 2.05) is 43.4 Å². The van der Waals surface area contributed by atoms with Crippen LogP contribution in [-0.2, 0) is 52.3 Å². The molecule has 4 aliphatic heterocycles. The second kappa shape index (κ2) is 32.3. The van der Waals surface area contributed by atoms with Gasteiger partial charge in [-0.3, -0.25) is 24.7 Å². The summed E-state index contributed by atoms with van der Waals surface area (Å²) in [4.78, 5) is 53.3. The van der Waals surface area contributed by atoms with Gasteiger partial charge >= 0.3 is 6.09 Å². The Bertz CT molecular complexity index is 3110. The van der Waals surface area contributed by atoms with Gasteiger partial charge in [-0.1, -0.05) is 70.0 Å². The molecule has 2 bridgehead atoms. The maximum Gasteiger partial charge on any atom is 0.411 e. The Morgan fingerprint density at radius 3 is 2.23 bits per heavy atom. The Hall–Kier alpha value is -4.14. The SMILES string of the molecule is CCN[C@H]1CO[C@@H](O[C@H]2[C@H](O[C@H]3C#C/C=C/C#C[C@]4(O)CC(=O)C(NC(=O)OC)=C3/C4=C\CSSc3c(C)cncc3C)O[C@H](C)[C@@H](NO[C@H]3C[C@H](O)[C@H](SC(=O)c4c(C)c(I)c(O[C@@H]5O[C@@H](C)[C@H](O)[C@@H](OC)[C@H]5O)c(OC)c4OC)[C@@H](C)O3)[C@@H]2O)C[C@@H]1OC. The zero-order valence-corrected chi connectivity index (χ0v) is 56.4. The number of nitrogens with zero attached hydrogens (tertiary/aromatic N) is 1. The van der Waals surface area contributed by atoms with Gasteiger partial charge in [0.1, 0.15) is 36.6 Å². The lowest BCUT2D eigenvalue weighted by Gasteiger charge is -2.46. The van der Waals surface area contributed by atoms with E-state index in [1.165, 1.54) is 55.1 Å². The summed E-state index contributed by atoms with van der Waals surface area (Å²) in [6.45, 7) is 13.3. The number of pyridine rings is 1. The molecule has 4 saturated heterocycles. The first-order chi connectivity index (χ1) is 43.0. The summed E-state index contributed by atoms with van der Waals surface area (Å²) in [5.74, 6) is 11.3. The van der Waals surface area contributed by atoms with E-state index in [2.05, 4.69) is 44.8 Å². The van der Waals surface area contributed by atoms with Crippen molar-refractivity contribution in [2.45, 2.75) is 188 Å². The molecule has 8 N–H and O–H groups in total. The quantitative estimate of drug-likeness (QED) is 0.0272. The fourth-order valence-corrected chi connectivity index (χ4v) is 15.5. The van der Waals surface area contributed by atoms with Crippen molar-refractivity contribution in [3.63, 3.8) is 0 Å². The second-order valence-corrected chi connectivity index (χ2v) is 26.6. The molecule has 6 aliphatic rings. The zero-order valence-electron chi connectivity index (χ0n) is 51.8. The number of carbonyl (C=O) groups is 3. The standard InChI is InChI=1S/C61H79IN4O21S3/c1-13-64-35-27-80-40(23-39(35)75-8)85-53-48(70)45(66-87-41-22-36(67)56(33(7)81-41)89-57(72)42-30(4)44(62)51(54(78-11)50(42)76-9)86-58-49(71)52(77-10)47(69)32(6)83-58)31(5)82-59(53)84-38-18-16-14-15-17-20-61(74)24-37(68)46(65-60(73)79-12)43(38)34(61)19-21-88-90-55-28(2)25-63-26-29(55)3/h14-15,19,25-26,31-33,35-36,38-41,45,47-49,52-53,56,58-59,64,66-67,69-71,74H,13,21-24,27H2,1-12H3,(H,65,73)/b15-14+,34-19+/t31-,32+,33-,35+,36+,38+,39+,40+,41+,45-,47+,48+,49-,52-,53-,56-,58+,59+,61+/m1/s1. The molecule has 19 atom stereocenters. The maximum absolute atomic E-state index is 14.5. The van der Waals surface area contributed by atoms with E-state index < -0.39 is 127 Å². The molecule has 8 rings (SSSR count). The normalized spacial score (nSPS) is 34.3. The summed E-state index contributed by atoms with van der Waals surface area (Å²) in [6.07, 6.45) is -10.5. The molecule has 4 fully saturated rings. The molecule has 1 aromatic heterocycles. The molecule has 0 radical (unpaired) electrons. The lowest BCUT2D eigenvalue weighted by molar-refractivity contribution is -0.336. The monoisotopic (exact) mass is 1430 g/mol.